The molecule has 0 fully saturated rings. The van der Waals surface area contributed by atoms with E-state index in [0.29, 0.717) is 0 Å². The minimum atomic E-state index is 0.153. The van der Waals surface area contributed by atoms with E-state index < -0.39 is 0 Å². The number of nitrogens with zero attached hydrogens (tertiary/aromatic N) is 13. The molecule has 0 saturated heterocycles. The number of aromatic nitrogens is 13. The predicted octanol–water partition coefficient (Wildman–Crippen LogP) is 31.7. The molecule has 0 saturated carbocycles. The van der Waals surface area contributed by atoms with Crippen molar-refractivity contribution < 1.29 is 0 Å². The van der Waals surface area contributed by atoms with Gasteiger partial charge in [-0.15, -0.1) is 0 Å². The van der Waals surface area contributed by atoms with Crippen LogP contribution >= 0.6 is 0 Å². The molecule has 133 heavy (non-hydrogen) atoms. The molecular formula is C120H143N13. The van der Waals surface area contributed by atoms with Crippen molar-refractivity contribution in [3.63, 3.8) is 0 Å². The number of benzene rings is 10. The van der Waals surface area contributed by atoms with Gasteiger partial charge in [0.25, 0.3) is 0 Å². The lowest BCUT2D eigenvalue weighted by atomic mass is 9.86. The molecule has 15 aromatic rings. The standard InChI is InChI=1S/C29H38N2.C28H37N3.C25H30N2.C20H21N3.C18H17N3/c1-4-6-8-10-12-24-14-18-26(19-15-24)28-22-29(31-23(3)30-28)27-20-16-25(17-21-27)13-11-9-7-5-2;1-4-6-8-10-14-23-16-12-18-25(20-23)27-29-22(3)30-28(31-27)26-19-13-17-24(21-26)15-11-9-7-5-2;1-17-26-22(18-8-12-20(13-9-18)24(2,3)4)16-23(27-17)19-10-14-21(15-11-19)25(5,6)7;1-12-6-8-14(3)17(10-12)19-21-16(5)22-20(23-19)18-11-13(2)7-9-15(18)4;1-12-8-4-6-10-15(12)17-19-14(3)20-18(21-17)16-11-7-5-9-13(16)2/h14-22H,4-13H2,1-3H3;12-13,16-21H,4-11,14-15H2,1-3H3;8-16H,1-7H3;6-11H,1-5H3;4-11H,1-3H3. The first-order valence-corrected chi connectivity index (χ1v) is 48.8. The monoisotopic (exact) mass is 1770 g/mol. The molecule has 0 N–H and O–H groups in total. The summed E-state index contributed by atoms with van der Waals surface area (Å²) < 4.78 is 0. The first kappa shape index (κ1) is 101. The van der Waals surface area contributed by atoms with Gasteiger partial charge >= 0.3 is 0 Å². The molecular weight excluding hydrogens is 1620 g/mol. The maximum atomic E-state index is 4.85. The zero-order valence-electron chi connectivity index (χ0n) is 83.5. The Morgan fingerprint density at radius 1 is 0.195 bits per heavy atom. The van der Waals surface area contributed by atoms with Gasteiger partial charge in [-0.25, -0.2) is 64.8 Å². The van der Waals surface area contributed by atoms with Crippen molar-refractivity contribution in [2.75, 3.05) is 0 Å². The van der Waals surface area contributed by atoms with Crippen LogP contribution in [-0.2, 0) is 36.5 Å². The van der Waals surface area contributed by atoms with Gasteiger partial charge in [-0.05, 0) is 230 Å². The van der Waals surface area contributed by atoms with Gasteiger partial charge in [-0.2, -0.15) is 0 Å². The van der Waals surface area contributed by atoms with Gasteiger partial charge in [-0.3, -0.25) is 0 Å². The molecule has 13 nitrogen and oxygen atoms in total. The van der Waals surface area contributed by atoms with Gasteiger partial charge in [0.15, 0.2) is 34.9 Å². The van der Waals surface area contributed by atoms with Crippen LogP contribution in [0.15, 0.2) is 243 Å². The molecule has 10 aromatic carbocycles. The SMILES string of the molecule is CCCCCCc1ccc(-c2cc(-c3ccc(CCCCCC)cc3)nc(C)n2)cc1.CCCCCCc1cccc(-c2nc(C)nc(-c3cccc(CCCCCC)c3)n2)c1.Cc1ccc(C)c(-c2nc(C)nc(-c3cc(C)ccc3C)n2)c1.Cc1nc(-c2ccc(C(C)(C)C)cc2)cc(-c2ccc(C(C)(C)C)cc2)n1.Cc1nc(-c2ccccc2C)nc(-c2ccccc2C)n1. The highest BCUT2D eigenvalue weighted by atomic mass is 15.0. The first-order chi connectivity index (χ1) is 64.0. The lowest BCUT2D eigenvalue weighted by molar-refractivity contribution is 0.590. The second-order valence-electron chi connectivity index (χ2n) is 37.9. The Morgan fingerprint density at radius 3 is 0.774 bits per heavy atom. The van der Waals surface area contributed by atoms with Crippen LogP contribution < -0.4 is 0 Å². The Hall–Kier alpha value is -12.6. The number of aryl methyl sites for hydroxylation is 15. The summed E-state index contributed by atoms with van der Waals surface area (Å²) in [7, 11) is 0. The molecule has 0 aliphatic heterocycles. The van der Waals surface area contributed by atoms with Crippen molar-refractivity contribution in [2.24, 2.45) is 0 Å². The highest BCUT2D eigenvalue weighted by molar-refractivity contribution is 5.72. The predicted molar refractivity (Wildman–Crippen MR) is 559 cm³/mol. The summed E-state index contributed by atoms with van der Waals surface area (Å²) in [5, 5.41) is 0. The fraction of sp³-hybridized carbons (Fsp3) is 0.358. The normalized spacial score (nSPS) is 11.2. The van der Waals surface area contributed by atoms with Gasteiger partial charge < -0.3 is 0 Å². The quantitative estimate of drug-likeness (QED) is 0.0391. The maximum Gasteiger partial charge on any atom is 0.163 e. The minimum absolute atomic E-state index is 0.153. The van der Waals surface area contributed by atoms with E-state index in [1.807, 2.05) is 71.0 Å². The molecule has 15 rings (SSSR count). The van der Waals surface area contributed by atoms with Crippen LogP contribution in [0.1, 0.15) is 268 Å². The van der Waals surface area contributed by atoms with Gasteiger partial charge in [0.1, 0.15) is 29.1 Å². The molecule has 0 atom stereocenters. The van der Waals surface area contributed by atoms with Gasteiger partial charge in [-0.1, -0.05) is 364 Å². The lowest BCUT2D eigenvalue weighted by Gasteiger charge is -2.19. The van der Waals surface area contributed by atoms with Crippen LogP contribution in [0.4, 0.5) is 0 Å². The van der Waals surface area contributed by atoms with Crippen LogP contribution in [-0.4, -0.2) is 64.8 Å². The molecule has 13 heteroatoms. The van der Waals surface area contributed by atoms with Crippen molar-refractivity contribution in [3.8, 4) is 113 Å². The molecule has 0 aliphatic carbocycles. The third kappa shape index (κ3) is 30.7. The molecule has 5 aromatic heterocycles. The van der Waals surface area contributed by atoms with Crippen molar-refractivity contribution in [1.82, 2.24) is 64.8 Å². The molecule has 0 spiro atoms. The Kier molecular flexibility index (Phi) is 37.8. The van der Waals surface area contributed by atoms with Gasteiger partial charge in [0, 0.05) is 55.6 Å². The van der Waals surface area contributed by atoms with E-state index in [2.05, 4.69) is 362 Å². The van der Waals surface area contributed by atoms with Crippen LogP contribution in [0, 0.1) is 76.2 Å². The molecule has 0 radical (unpaired) electrons. The third-order valence-electron chi connectivity index (χ3n) is 24.2. The van der Waals surface area contributed by atoms with Gasteiger partial charge in [0.2, 0.25) is 0 Å². The lowest BCUT2D eigenvalue weighted by Crippen LogP contribution is -2.10. The van der Waals surface area contributed by atoms with E-state index in [4.69, 9.17) is 19.9 Å². The van der Waals surface area contributed by atoms with Gasteiger partial charge in [0.05, 0.1) is 22.8 Å². The molecule has 0 unspecified atom stereocenters. The zero-order chi connectivity index (χ0) is 95.0. The summed E-state index contributed by atoms with van der Waals surface area (Å²) in [6.45, 7) is 44.6. The molecule has 0 aliphatic rings. The fourth-order valence-corrected chi connectivity index (χ4v) is 16.2. The van der Waals surface area contributed by atoms with E-state index >= 15 is 0 Å². The van der Waals surface area contributed by atoms with Crippen LogP contribution in [0.2, 0.25) is 0 Å². The Labute approximate surface area is 796 Å². The summed E-state index contributed by atoms with van der Waals surface area (Å²) in [5.74, 6) is 8.36. The highest BCUT2D eigenvalue weighted by Crippen LogP contribution is 2.34. The zero-order valence-corrected chi connectivity index (χ0v) is 83.5. The summed E-state index contributed by atoms with van der Waals surface area (Å²) in [5.41, 5.74) is 30.5. The van der Waals surface area contributed by atoms with E-state index in [-0.39, 0.29) is 10.8 Å². The van der Waals surface area contributed by atoms with Crippen LogP contribution in [0.5, 0.6) is 0 Å². The highest BCUT2D eigenvalue weighted by Gasteiger charge is 2.20. The largest absolute Gasteiger partial charge is 0.233 e. The topological polar surface area (TPSA) is 168 Å². The Morgan fingerprint density at radius 2 is 0.466 bits per heavy atom. The van der Waals surface area contributed by atoms with E-state index in [1.165, 1.54) is 182 Å². The van der Waals surface area contributed by atoms with Crippen LogP contribution in [0.3, 0.4) is 0 Å². The second kappa shape index (κ2) is 49.8. The first-order valence-electron chi connectivity index (χ1n) is 48.8. The molecule has 0 amide bonds. The van der Waals surface area contributed by atoms with Crippen LogP contribution in [0.25, 0.3) is 113 Å². The average molecular weight is 1770 g/mol. The minimum Gasteiger partial charge on any atom is -0.233 e. The smallest absolute Gasteiger partial charge is 0.163 e. The van der Waals surface area contributed by atoms with E-state index in [9.17, 15) is 0 Å². The fourth-order valence-electron chi connectivity index (χ4n) is 16.2. The molecule has 688 valence electrons. The van der Waals surface area contributed by atoms with E-state index in [1.54, 1.807) is 0 Å². The summed E-state index contributed by atoms with van der Waals surface area (Å²) in [6, 6.07) is 85.9. The molecule has 5 heterocycles. The Bertz CT molecular complexity index is 5860. The number of rotatable bonds is 30. The number of hydrogen-bond donors (Lipinski definition) is 0. The van der Waals surface area contributed by atoms with Crippen molar-refractivity contribution in [2.45, 2.75) is 285 Å². The molecule has 0 bridgehead atoms. The van der Waals surface area contributed by atoms with Crippen molar-refractivity contribution in [1.29, 1.82) is 0 Å². The second-order valence-corrected chi connectivity index (χ2v) is 37.9. The third-order valence-corrected chi connectivity index (χ3v) is 24.2. The summed E-state index contributed by atoms with van der Waals surface area (Å²) >= 11 is 0. The number of unbranched alkanes of at least 4 members (excludes halogenated alkanes) is 12. The maximum absolute atomic E-state index is 4.85. The summed E-state index contributed by atoms with van der Waals surface area (Å²) in [6.07, 6.45) is 25.2. The van der Waals surface area contributed by atoms with Crippen molar-refractivity contribution in [3.05, 3.63) is 339 Å². The van der Waals surface area contributed by atoms with E-state index in [0.717, 1.165) is 155 Å². The Balaban J connectivity index is 0.000000161. The van der Waals surface area contributed by atoms with Crippen molar-refractivity contribution >= 4 is 0 Å². The number of hydrogen-bond acceptors (Lipinski definition) is 13. The average Bonchev–Trinajstić information content (AvgIpc) is 0.801. The summed E-state index contributed by atoms with van der Waals surface area (Å²) in [4.78, 5) is 60.5.